The van der Waals surface area contributed by atoms with Crippen molar-refractivity contribution in [3.8, 4) is 28.0 Å². The van der Waals surface area contributed by atoms with Crippen LogP contribution in [0.5, 0.6) is 5.75 Å². The molecule has 0 atom stereocenters. The molecule has 0 aliphatic heterocycles. The van der Waals surface area contributed by atoms with Crippen LogP contribution in [0.3, 0.4) is 0 Å². The van der Waals surface area contributed by atoms with Gasteiger partial charge in [0.25, 0.3) is 0 Å². The molecule has 37 heavy (non-hydrogen) atoms. The predicted molar refractivity (Wildman–Crippen MR) is 146 cm³/mol. The molecule has 1 aliphatic rings. The van der Waals surface area contributed by atoms with Crippen molar-refractivity contribution < 1.29 is 17.9 Å². The Labute approximate surface area is 219 Å². The Morgan fingerprint density at radius 2 is 1.46 bits per heavy atom. The van der Waals surface area contributed by atoms with Gasteiger partial charge in [0.15, 0.2) is 11.6 Å². The average molecular weight is 507 g/mol. The minimum Gasteiger partial charge on any atom is -0.462 e. The third-order valence-electron chi connectivity index (χ3n) is 7.61. The van der Waals surface area contributed by atoms with Gasteiger partial charge in [-0.25, -0.2) is 8.78 Å². The maximum absolute atomic E-state index is 15.2. The molecule has 196 valence electrons. The lowest BCUT2D eigenvalue weighted by Crippen LogP contribution is -2.13. The summed E-state index contributed by atoms with van der Waals surface area (Å²) in [7, 11) is 0. The van der Waals surface area contributed by atoms with Crippen LogP contribution in [0.1, 0.15) is 83.1 Å². The van der Waals surface area contributed by atoms with E-state index in [1.165, 1.54) is 56.9 Å². The average Bonchev–Trinajstić information content (AvgIpc) is 2.92. The van der Waals surface area contributed by atoms with E-state index in [9.17, 15) is 8.78 Å². The molecule has 0 aromatic heterocycles. The van der Waals surface area contributed by atoms with Crippen LogP contribution < -0.4 is 4.74 Å². The first-order chi connectivity index (χ1) is 18.0. The second kappa shape index (κ2) is 13.0. The fraction of sp³-hybridized carbons (Fsp3) is 0.394. The highest BCUT2D eigenvalue weighted by Crippen LogP contribution is 2.39. The Kier molecular flexibility index (Phi) is 9.49. The molecule has 1 aliphatic carbocycles. The summed E-state index contributed by atoms with van der Waals surface area (Å²) in [5.74, 6) is -1.14. The first-order valence-corrected chi connectivity index (χ1v) is 13.7. The Balaban J connectivity index is 1.44. The van der Waals surface area contributed by atoms with E-state index in [4.69, 9.17) is 4.74 Å². The van der Waals surface area contributed by atoms with Gasteiger partial charge in [0.05, 0.1) is 6.26 Å². The largest absolute Gasteiger partial charge is 0.462 e. The van der Waals surface area contributed by atoms with Gasteiger partial charge in [-0.3, -0.25) is 0 Å². The highest BCUT2D eigenvalue weighted by atomic mass is 19.2. The molecule has 4 rings (SSSR count). The zero-order valence-corrected chi connectivity index (χ0v) is 21.9. The van der Waals surface area contributed by atoms with E-state index in [0.717, 1.165) is 30.7 Å². The van der Waals surface area contributed by atoms with Crippen molar-refractivity contribution in [3.63, 3.8) is 0 Å². The molecule has 0 radical (unpaired) electrons. The lowest BCUT2D eigenvalue weighted by Gasteiger charge is -2.29. The maximum atomic E-state index is 15.2. The molecule has 0 N–H and O–H groups in total. The van der Waals surface area contributed by atoms with Crippen molar-refractivity contribution in [2.75, 3.05) is 0 Å². The van der Waals surface area contributed by atoms with Crippen LogP contribution in [-0.2, 0) is 0 Å². The van der Waals surface area contributed by atoms with Crippen LogP contribution in [0.15, 0.2) is 66.9 Å². The number of halogens is 3. The Bertz CT molecular complexity index is 1190. The summed E-state index contributed by atoms with van der Waals surface area (Å²) in [6.07, 6.45) is 13.8. The molecule has 1 nitrogen and oxygen atoms in total. The van der Waals surface area contributed by atoms with Crippen molar-refractivity contribution >= 4 is 0 Å². The van der Waals surface area contributed by atoms with E-state index >= 15 is 4.39 Å². The smallest absolute Gasteiger partial charge is 0.201 e. The van der Waals surface area contributed by atoms with E-state index in [-0.39, 0.29) is 17.1 Å². The third kappa shape index (κ3) is 6.66. The number of hydrogen-bond acceptors (Lipinski definition) is 1. The minimum atomic E-state index is -1.03. The van der Waals surface area contributed by atoms with Crippen LogP contribution in [0.4, 0.5) is 13.2 Å². The van der Waals surface area contributed by atoms with Gasteiger partial charge in [-0.2, -0.15) is 4.39 Å². The second-order valence-electron chi connectivity index (χ2n) is 10.2. The SMILES string of the molecule is CCC=COc1ccc(-c2ccc(-c3ccc(C4CCC(CCCCC)CC4)cc3F)cc2)c(F)c1F. The monoisotopic (exact) mass is 506 g/mol. The van der Waals surface area contributed by atoms with Crippen LogP contribution >= 0.6 is 0 Å². The van der Waals surface area contributed by atoms with Gasteiger partial charge in [-0.15, -0.1) is 0 Å². The van der Waals surface area contributed by atoms with Crippen LogP contribution in [0.25, 0.3) is 22.3 Å². The molecule has 3 aromatic carbocycles. The minimum absolute atomic E-state index is 0.136. The molecule has 0 spiro atoms. The molecular weight excluding hydrogens is 469 g/mol. The first-order valence-electron chi connectivity index (χ1n) is 13.7. The van der Waals surface area contributed by atoms with E-state index in [1.807, 2.05) is 13.0 Å². The fourth-order valence-electron chi connectivity index (χ4n) is 5.38. The molecule has 1 saturated carbocycles. The maximum Gasteiger partial charge on any atom is 0.201 e. The Morgan fingerprint density at radius 3 is 2.11 bits per heavy atom. The summed E-state index contributed by atoms with van der Waals surface area (Å²) in [5.41, 5.74) is 2.96. The number of rotatable bonds is 10. The molecular formula is C33H37F3O. The summed E-state index contributed by atoms with van der Waals surface area (Å²) in [6, 6.07) is 15.4. The summed E-state index contributed by atoms with van der Waals surface area (Å²) < 4.78 is 49.5. The van der Waals surface area contributed by atoms with Gasteiger partial charge in [0.1, 0.15) is 5.82 Å². The highest BCUT2D eigenvalue weighted by Gasteiger charge is 2.23. The third-order valence-corrected chi connectivity index (χ3v) is 7.61. The van der Waals surface area contributed by atoms with E-state index in [2.05, 4.69) is 13.0 Å². The van der Waals surface area contributed by atoms with E-state index in [0.29, 0.717) is 22.6 Å². The quantitative estimate of drug-likeness (QED) is 0.196. The summed E-state index contributed by atoms with van der Waals surface area (Å²) in [6.45, 7) is 4.16. The lowest BCUT2D eigenvalue weighted by molar-refractivity contribution is 0.302. The normalized spacial score (nSPS) is 17.9. The zero-order valence-electron chi connectivity index (χ0n) is 21.9. The van der Waals surface area contributed by atoms with Gasteiger partial charge in [0, 0.05) is 11.1 Å². The fourth-order valence-corrected chi connectivity index (χ4v) is 5.38. The molecule has 4 heteroatoms. The van der Waals surface area contributed by atoms with Gasteiger partial charge in [-0.1, -0.05) is 75.9 Å². The Hall–Kier alpha value is -3.01. The molecule has 0 unspecified atom stereocenters. The van der Waals surface area contributed by atoms with Crippen LogP contribution in [0, 0.1) is 23.4 Å². The molecule has 3 aromatic rings. The molecule has 0 saturated heterocycles. The predicted octanol–water partition coefficient (Wildman–Crippen LogP) is 10.6. The lowest BCUT2D eigenvalue weighted by atomic mass is 9.77. The van der Waals surface area contributed by atoms with Crippen molar-refractivity contribution in [1.82, 2.24) is 0 Å². The van der Waals surface area contributed by atoms with Gasteiger partial charge < -0.3 is 4.74 Å². The van der Waals surface area contributed by atoms with Crippen molar-refractivity contribution in [1.29, 1.82) is 0 Å². The van der Waals surface area contributed by atoms with Crippen LogP contribution in [-0.4, -0.2) is 0 Å². The number of allylic oxidation sites excluding steroid dienone is 1. The number of hydrogen-bond donors (Lipinski definition) is 0. The van der Waals surface area contributed by atoms with Gasteiger partial charge in [-0.05, 0) is 84.9 Å². The first kappa shape index (κ1) is 27.0. The molecule has 0 amide bonds. The standard InChI is InChI=1S/C33H37F3O/c1-3-5-7-8-23-9-11-24(12-10-23)27-17-18-28(30(34)22-27)25-13-15-26(16-14-25)29-19-20-31(33(36)32(29)35)37-21-6-4-2/h6,13-24H,3-5,7-12H2,1-2H3. The van der Waals surface area contributed by atoms with Gasteiger partial charge >= 0.3 is 0 Å². The number of benzene rings is 3. The highest BCUT2D eigenvalue weighted by molar-refractivity contribution is 5.71. The summed E-state index contributed by atoms with van der Waals surface area (Å²) in [5, 5.41) is 0. The van der Waals surface area contributed by atoms with Crippen molar-refractivity contribution in [2.24, 2.45) is 5.92 Å². The summed E-state index contributed by atoms with van der Waals surface area (Å²) in [4.78, 5) is 0. The van der Waals surface area contributed by atoms with E-state index < -0.39 is 11.6 Å². The Morgan fingerprint density at radius 1 is 0.784 bits per heavy atom. The van der Waals surface area contributed by atoms with E-state index in [1.54, 1.807) is 36.4 Å². The summed E-state index contributed by atoms with van der Waals surface area (Å²) >= 11 is 0. The zero-order chi connectivity index (χ0) is 26.2. The molecule has 0 heterocycles. The molecule has 0 bridgehead atoms. The van der Waals surface area contributed by atoms with Gasteiger partial charge in [0.2, 0.25) is 5.82 Å². The van der Waals surface area contributed by atoms with Crippen molar-refractivity contribution in [3.05, 3.63) is 90.0 Å². The number of unbranched alkanes of at least 4 members (excludes halogenated alkanes) is 2. The molecule has 1 fully saturated rings. The van der Waals surface area contributed by atoms with Crippen LogP contribution in [0.2, 0.25) is 0 Å². The topological polar surface area (TPSA) is 9.23 Å². The second-order valence-corrected chi connectivity index (χ2v) is 10.2. The van der Waals surface area contributed by atoms with Crippen molar-refractivity contribution in [2.45, 2.75) is 77.6 Å². The number of ether oxygens (including phenoxy) is 1.